The van der Waals surface area contributed by atoms with E-state index in [1.165, 1.54) is 19.3 Å². The van der Waals surface area contributed by atoms with Crippen LogP contribution in [-0.2, 0) is 9.59 Å². The molecule has 3 rings (SSSR count). The van der Waals surface area contributed by atoms with Crippen LogP contribution < -0.4 is 10.2 Å². The first kappa shape index (κ1) is 16.0. The molecule has 0 spiro atoms. The number of carbonyl (C=O) groups excluding carboxylic acids is 2. The van der Waals surface area contributed by atoms with Gasteiger partial charge in [-0.3, -0.25) is 14.5 Å². The molecule has 2 amide bonds. The molecule has 1 aromatic rings. The summed E-state index contributed by atoms with van der Waals surface area (Å²) in [5.41, 5.74) is 0.978. The van der Waals surface area contributed by atoms with Crippen LogP contribution in [0.5, 0.6) is 0 Å². The molecule has 0 atom stereocenters. The summed E-state index contributed by atoms with van der Waals surface area (Å²) < 4.78 is 0. The molecule has 0 bridgehead atoms. The van der Waals surface area contributed by atoms with Gasteiger partial charge in [0.1, 0.15) is 0 Å². The predicted octanol–water partition coefficient (Wildman–Crippen LogP) is 1.78. The molecule has 1 aliphatic heterocycles. The standard InChI is InChI=1S/C18H25N3O2/c22-17-13-20(12-11-19-17)14-18(23)21(15-7-3-1-4-8-15)16-9-5-2-6-10-16/h1,3-4,7-8,16H,2,5-6,9-14H2,(H,19,22). The van der Waals surface area contributed by atoms with Crippen LogP contribution in [0.2, 0.25) is 0 Å². The second kappa shape index (κ2) is 7.59. The van der Waals surface area contributed by atoms with Crippen LogP contribution in [0.25, 0.3) is 0 Å². The number of para-hydroxylation sites is 1. The smallest absolute Gasteiger partial charge is 0.241 e. The third-order valence-corrected chi connectivity index (χ3v) is 4.72. The van der Waals surface area contributed by atoms with Gasteiger partial charge < -0.3 is 10.2 Å². The first-order chi connectivity index (χ1) is 11.2. The van der Waals surface area contributed by atoms with E-state index in [1.54, 1.807) is 0 Å². The van der Waals surface area contributed by atoms with Crippen LogP contribution in [0.1, 0.15) is 32.1 Å². The van der Waals surface area contributed by atoms with Gasteiger partial charge in [-0.2, -0.15) is 0 Å². The first-order valence-corrected chi connectivity index (χ1v) is 8.60. The zero-order valence-corrected chi connectivity index (χ0v) is 13.5. The number of nitrogens with one attached hydrogen (secondary N) is 1. The predicted molar refractivity (Wildman–Crippen MR) is 90.3 cm³/mol. The van der Waals surface area contributed by atoms with Gasteiger partial charge in [-0.25, -0.2) is 0 Å². The summed E-state index contributed by atoms with van der Waals surface area (Å²) in [6.07, 6.45) is 5.78. The number of nitrogens with zero attached hydrogens (tertiary/aromatic N) is 2. The van der Waals surface area contributed by atoms with E-state index in [2.05, 4.69) is 5.32 Å². The van der Waals surface area contributed by atoms with Crippen molar-refractivity contribution in [3.63, 3.8) is 0 Å². The van der Waals surface area contributed by atoms with Crippen molar-refractivity contribution >= 4 is 17.5 Å². The number of amides is 2. The molecule has 1 N–H and O–H groups in total. The Hall–Kier alpha value is -1.88. The maximum atomic E-state index is 13.0. The molecule has 1 aromatic carbocycles. The minimum atomic E-state index is 0.00739. The van der Waals surface area contributed by atoms with Gasteiger partial charge in [0.05, 0.1) is 13.1 Å². The summed E-state index contributed by atoms with van der Waals surface area (Å²) in [4.78, 5) is 28.4. The van der Waals surface area contributed by atoms with E-state index >= 15 is 0 Å². The fraction of sp³-hybridized carbons (Fsp3) is 0.556. The Labute approximate surface area is 137 Å². The van der Waals surface area contributed by atoms with Crippen molar-refractivity contribution in [3.05, 3.63) is 30.3 Å². The zero-order valence-electron chi connectivity index (χ0n) is 13.5. The van der Waals surface area contributed by atoms with E-state index in [0.29, 0.717) is 19.6 Å². The van der Waals surface area contributed by atoms with Crippen LogP contribution >= 0.6 is 0 Å². The van der Waals surface area contributed by atoms with Crippen LogP contribution in [0.3, 0.4) is 0 Å². The summed E-state index contributed by atoms with van der Waals surface area (Å²) in [5, 5.41) is 2.80. The van der Waals surface area contributed by atoms with Gasteiger partial charge in [-0.15, -0.1) is 0 Å². The van der Waals surface area contributed by atoms with E-state index in [0.717, 1.165) is 25.1 Å². The van der Waals surface area contributed by atoms with E-state index in [9.17, 15) is 9.59 Å². The number of anilines is 1. The fourth-order valence-corrected chi connectivity index (χ4v) is 3.58. The van der Waals surface area contributed by atoms with Gasteiger partial charge in [0.2, 0.25) is 11.8 Å². The Bertz CT molecular complexity index is 540. The molecule has 0 radical (unpaired) electrons. The topological polar surface area (TPSA) is 52.7 Å². The summed E-state index contributed by atoms with van der Waals surface area (Å²) in [6.45, 7) is 2.00. The molecule has 1 aliphatic carbocycles. The normalized spacial score (nSPS) is 20.1. The van der Waals surface area contributed by atoms with Crippen molar-refractivity contribution in [2.45, 2.75) is 38.1 Å². The lowest BCUT2D eigenvalue weighted by molar-refractivity contribution is -0.126. The Morgan fingerprint density at radius 1 is 1.17 bits per heavy atom. The summed E-state index contributed by atoms with van der Waals surface area (Å²) >= 11 is 0. The molecule has 23 heavy (non-hydrogen) atoms. The second-order valence-corrected chi connectivity index (χ2v) is 6.45. The highest BCUT2D eigenvalue weighted by molar-refractivity contribution is 5.95. The Balaban J connectivity index is 1.74. The molecule has 5 nitrogen and oxygen atoms in total. The molecule has 2 fully saturated rings. The lowest BCUT2D eigenvalue weighted by atomic mass is 9.93. The lowest BCUT2D eigenvalue weighted by Gasteiger charge is -2.36. The molecular weight excluding hydrogens is 290 g/mol. The van der Waals surface area contributed by atoms with Gasteiger partial charge in [0.25, 0.3) is 0 Å². The Morgan fingerprint density at radius 3 is 2.61 bits per heavy atom. The molecule has 124 valence electrons. The van der Waals surface area contributed by atoms with E-state index in [4.69, 9.17) is 0 Å². The molecule has 2 aliphatic rings. The summed E-state index contributed by atoms with van der Waals surface area (Å²) in [7, 11) is 0. The Kier molecular flexibility index (Phi) is 5.28. The maximum absolute atomic E-state index is 13.0. The van der Waals surface area contributed by atoms with Crippen molar-refractivity contribution in [1.29, 1.82) is 0 Å². The minimum Gasteiger partial charge on any atom is -0.354 e. The highest BCUT2D eigenvalue weighted by atomic mass is 16.2. The van der Waals surface area contributed by atoms with Gasteiger partial charge in [-0.1, -0.05) is 37.5 Å². The lowest BCUT2D eigenvalue weighted by Crippen LogP contribution is -2.53. The Morgan fingerprint density at radius 2 is 1.91 bits per heavy atom. The van der Waals surface area contributed by atoms with Crippen LogP contribution in [0.4, 0.5) is 5.69 Å². The number of carbonyl (C=O) groups is 2. The SMILES string of the molecule is O=C1CN(CC(=O)N(c2ccccc2)C2CCCCC2)CCN1. The average molecular weight is 315 g/mol. The van der Waals surface area contributed by atoms with E-state index < -0.39 is 0 Å². The van der Waals surface area contributed by atoms with Crippen molar-refractivity contribution in [2.24, 2.45) is 0 Å². The van der Waals surface area contributed by atoms with Gasteiger partial charge >= 0.3 is 0 Å². The highest BCUT2D eigenvalue weighted by Crippen LogP contribution is 2.27. The number of hydrogen-bond acceptors (Lipinski definition) is 3. The largest absolute Gasteiger partial charge is 0.354 e. The quantitative estimate of drug-likeness (QED) is 0.921. The minimum absolute atomic E-state index is 0.00739. The van der Waals surface area contributed by atoms with Gasteiger partial charge in [0, 0.05) is 24.8 Å². The average Bonchev–Trinajstić information content (AvgIpc) is 2.57. The second-order valence-electron chi connectivity index (χ2n) is 6.45. The van der Waals surface area contributed by atoms with Crippen LogP contribution in [-0.4, -0.2) is 48.9 Å². The maximum Gasteiger partial charge on any atom is 0.241 e. The summed E-state index contributed by atoms with van der Waals surface area (Å²) in [5.74, 6) is 0.116. The molecule has 1 saturated carbocycles. The van der Waals surface area contributed by atoms with Gasteiger partial charge in [-0.05, 0) is 25.0 Å². The van der Waals surface area contributed by atoms with E-state index in [1.807, 2.05) is 40.1 Å². The number of hydrogen-bond donors (Lipinski definition) is 1. The molecule has 5 heteroatoms. The van der Waals surface area contributed by atoms with Gasteiger partial charge in [0.15, 0.2) is 0 Å². The zero-order chi connectivity index (χ0) is 16.1. The molecule has 0 aromatic heterocycles. The van der Waals surface area contributed by atoms with E-state index in [-0.39, 0.29) is 17.9 Å². The molecule has 1 saturated heterocycles. The first-order valence-electron chi connectivity index (χ1n) is 8.60. The third kappa shape index (κ3) is 4.10. The molecular formula is C18H25N3O2. The van der Waals surface area contributed by atoms with Crippen molar-refractivity contribution in [1.82, 2.24) is 10.2 Å². The van der Waals surface area contributed by atoms with Crippen LogP contribution in [0.15, 0.2) is 30.3 Å². The number of piperazine rings is 1. The van der Waals surface area contributed by atoms with Crippen molar-refractivity contribution in [2.75, 3.05) is 31.1 Å². The van der Waals surface area contributed by atoms with Crippen molar-refractivity contribution < 1.29 is 9.59 Å². The number of benzene rings is 1. The summed E-state index contributed by atoms with van der Waals surface area (Å²) in [6, 6.07) is 10.2. The third-order valence-electron chi connectivity index (χ3n) is 4.72. The molecule has 0 unspecified atom stereocenters. The highest BCUT2D eigenvalue weighted by Gasteiger charge is 2.29. The van der Waals surface area contributed by atoms with Crippen LogP contribution in [0, 0.1) is 0 Å². The molecule has 1 heterocycles. The monoisotopic (exact) mass is 315 g/mol. The fourth-order valence-electron chi connectivity index (χ4n) is 3.58. The van der Waals surface area contributed by atoms with Crippen molar-refractivity contribution in [3.8, 4) is 0 Å². The number of rotatable bonds is 4.